The van der Waals surface area contributed by atoms with Crippen LogP contribution in [0, 0.1) is 5.92 Å². The molecule has 80 valence electrons. The number of aromatic nitrogens is 1. The van der Waals surface area contributed by atoms with Gasteiger partial charge in [0.2, 0.25) is 0 Å². The van der Waals surface area contributed by atoms with Crippen LogP contribution in [0.3, 0.4) is 0 Å². The lowest BCUT2D eigenvalue weighted by Gasteiger charge is -2.08. The van der Waals surface area contributed by atoms with Crippen molar-refractivity contribution in [2.45, 2.75) is 40.2 Å². The van der Waals surface area contributed by atoms with Gasteiger partial charge in [0.25, 0.3) is 0 Å². The molecule has 1 heterocycles. The van der Waals surface area contributed by atoms with Gasteiger partial charge in [0, 0.05) is 11.4 Å². The Morgan fingerprint density at radius 1 is 1.36 bits per heavy atom. The summed E-state index contributed by atoms with van der Waals surface area (Å²) in [5.41, 5.74) is 3.20. The fraction of sp³-hybridized carbons (Fsp3) is 0.727. The Morgan fingerprint density at radius 3 is 2.64 bits per heavy atom. The molecule has 0 aromatic carbocycles. The van der Waals surface area contributed by atoms with Crippen molar-refractivity contribution in [1.82, 2.24) is 10.3 Å². The van der Waals surface area contributed by atoms with Crippen LogP contribution in [0.4, 0.5) is 0 Å². The fourth-order valence-corrected chi connectivity index (χ4v) is 2.24. The highest BCUT2D eigenvalue weighted by Gasteiger charge is 2.09. The minimum absolute atomic E-state index is 0.539. The molecule has 0 saturated heterocycles. The van der Waals surface area contributed by atoms with E-state index in [1.54, 1.807) is 11.3 Å². The first-order valence-electron chi connectivity index (χ1n) is 5.24. The van der Waals surface area contributed by atoms with Crippen molar-refractivity contribution >= 4 is 11.3 Å². The zero-order valence-corrected chi connectivity index (χ0v) is 10.3. The van der Waals surface area contributed by atoms with Crippen molar-refractivity contribution < 1.29 is 0 Å². The monoisotopic (exact) mass is 212 g/mol. The first-order chi connectivity index (χ1) is 6.61. The van der Waals surface area contributed by atoms with Gasteiger partial charge in [-0.05, 0) is 18.4 Å². The summed E-state index contributed by atoms with van der Waals surface area (Å²) in [4.78, 5) is 5.78. The average molecular weight is 212 g/mol. The Labute approximate surface area is 90.8 Å². The van der Waals surface area contributed by atoms with E-state index in [4.69, 9.17) is 0 Å². The Balaban J connectivity index is 2.46. The van der Waals surface area contributed by atoms with Crippen LogP contribution in [0.1, 0.15) is 44.2 Å². The molecule has 0 aliphatic heterocycles. The third-order valence-corrected chi connectivity index (χ3v) is 2.91. The number of hydrogen-bond donors (Lipinski definition) is 1. The quantitative estimate of drug-likeness (QED) is 0.811. The Bertz CT molecular complexity index is 266. The maximum Gasteiger partial charge on any atom is 0.0798 e. The van der Waals surface area contributed by atoms with Gasteiger partial charge in [-0.25, -0.2) is 4.98 Å². The second-order valence-electron chi connectivity index (χ2n) is 4.34. The largest absolute Gasteiger partial charge is 0.312 e. The summed E-state index contributed by atoms with van der Waals surface area (Å²) in [7, 11) is 0. The second kappa shape index (κ2) is 5.47. The van der Waals surface area contributed by atoms with Gasteiger partial charge >= 0.3 is 0 Å². The summed E-state index contributed by atoms with van der Waals surface area (Å²) >= 11 is 1.76. The summed E-state index contributed by atoms with van der Waals surface area (Å²) in [6, 6.07) is 0. The van der Waals surface area contributed by atoms with Crippen molar-refractivity contribution in [3.05, 3.63) is 16.1 Å². The van der Waals surface area contributed by atoms with E-state index >= 15 is 0 Å². The lowest BCUT2D eigenvalue weighted by Crippen LogP contribution is -2.19. The molecule has 0 aliphatic carbocycles. The SMILES string of the molecule is CC(C)CNCc1scnc1C(C)C. The van der Waals surface area contributed by atoms with Crippen LogP contribution in [-0.4, -0.2) is 11.5 Å². The van der Waals surface area contributed by atoms with Gasteiger partial charge in [-0.3, -0.25) is 0 Å². The van der Waals surface area contributed by atoms with E-state index in [-0.39, 0.29) is 0 Å². The van der Waals surface area contributed by atoms with Crippen molar-refractivity contribution in [2.24, 2.45) is 5.92 Å². The first kappa shape index (κ1) is 11.7. The van der Waals surface area contributed by atoms with Crippen LogP contribution in [0.5, 0.6) is 0 Å². The summed E-state index contributed by atoms with van der Waals surface area (Å²) < 4.78 is 0. The van der Waals surface area contributed by atoms with Crippen LogP contribution >= 0.6 is 11.3 Å². The minimum Gasteiger partial charge on any atom is -0.312 e. The number of thiazole rings is 1. The van der Waals surface area contributed by atoms with Crippen LogP contribution in [-0.2, 0) is 6.54 Å². The normalized spacial score (nSPS) is 11.6. The molecule has 0 atom stereocenters. The van der Waals surface area contributed by atoms with Gasteiger partial charge in [0.1, 0.15) is 0 Å². The Kier molecular flexibility index (Phi) is 4.55. The van der Waals surface area contributed by atoms with E-state index < -0.39 is 0 Å². The highest BCUT2D eigenvalue weighted by molar-refractivity contribution is 7.09. The summed E-state index contributed by atoms with van der Waals surface area (Å²) in [6.45, 7) is 10.9. The molecule has 0 fully saturated rings. The summed E-state index contributed by atoms with van der Waals surface area (Å²) in [5, 5.41) is 3.45. The Hall–Kier alpha value is -0.410. The zero-order valence-electron chi connectivity index (χ0n) is 9.50. The first-order valence-corrected chi connectivity index (χ1v) is 6.12. The molecule has 0 saturated carbocycles. The molecule has 0 unspecified atom stereocenters. The van der Waals surface area contributed by atoms with E-state index in [0.717, 1.165) is 13.1 Å². The van der Waals surface area contributed by atoms with Crippen molar-refractivity contribution in [2.75, 3.05) is 6.54 Å². The topological polar surface area (TPSA) is 24.9 Å². The standard InChI is InChI=1S/C11H20N2S/c1-8(2)5-12-6-10-11(9(3)4)13-7-14-10/h7-9,12H,5-6H2,1-4H3. The zero-order chi connectivity index (χ0) is 10.6. The molecule has 0 aliphatic rings. The molecule has 1 aromatic rings. The van der Waals surface area contributed by atoms with E-state index in [1.165, 1.54) is 10.6 Å². The predicted molar refractivity (Wildman–Crippen MR) is 62.7 cm³/mol. The lowest BCUT2D eigenvalue weighted by molar-refractivity contribution is 0.552. The molecule has 1 N–H and O–H groups in total. The number of rotatable bonds is 5. The number of nitrogens with one attached hydrogen (secondary N) is 1. The molecule has 0 bridgehead atoms. The van der Waals surface area contributed by atoms with Gasteiger partial charge in [0.15, 0.2) is 0 Å². The third kappa shape index (κ3) is 3.39. The van der Waals surface area contributed by atoms with Crippen LogP contribution in [0.25, 0.3) is 0 Å². The number of hydrogen-bond acceptors (Lipinski definition) is 3. The molecule has 0 amide bonds. The van der Waals surface area contributed by atoms with E-state index in [1.807, 2.05) is 5.51 Å². The van der Waals surface area contributed by atoms with E-state index in [0.29, 0.717) is 11.8 Å². The smallest absolute Gasteiger partial charge is 0.0798 e. The molecule has 3 heteroatoms. The van der Waals surface area contributed by atoms with Crippen molar-refractivity contribution in [1.29, 1.82) is 0 Å². The predicted octanol–water partition coefficient (Wildman–Crippen LogP) is 3.01. The molecule has 1 rings (SSSR count). The maximum atomic E-state index is 4.39. The summed E-state index contributed by atoms with van der Waals surface area (Å²) in [5.74, 6) is 1.25. The maximum absolute atomic E-state index is 4.39. The molecule has 2 nitrogen and oxygen atoms in total. The minimum atomic E-state index is 0.539. The highest BCUT2D eigenvalue weighted by Crippen LogP contribution is 2.21. The van der Waals surface area contributed by atoms with Gasteiger partial charge < -0.3 is 5.32 Å². The number of nitrogens with zero attached hydrogens (tertiary/aromatic N) is 1. The van der Waals surface area contributed by atoms with E-state index in [2.05, 4.69) is 38.0 Å². The van der Waals surface area contributed by atoms with Gasteiger partial charge in [-0.15, -0.1) is 11.3 Å². The second-order valence-corrected chi connectivity index (χ2v) is 5.28. The van der Waals surface area contributed by atoms with Gasteiger partial charge in [-0.2, -0.15) is 0 Å². The lowest BCUT2D eigenvalue weighted by atomic mass is 10.1. The van der Waals surface area contributed by atoms with Crippen LogP contribution in [0.2, 0.25) is 0 Å². The van der Waals surface area contributed by atoms with Crippen molar-refractivity contribution in [3.8, 4) is 0 Å². The molecule has 1 aromatic heterocycles. The highest BCUT2D eigenvalue weighted by atomic mass is 32.1. The molecule has 0 radical (unpaired) electrons. The molecular formula is C11H20N2S. The molecule has 14 heavy (non-hydrogen) atoms. The van der Waals surface area contributed by atoms with Gasteiger partial charge in [-0.1, -0.05) is 27.7 Å². The van der Waals surface area contributed by atoms with Gasteiger partial charge in [0.05, 0.1) is 11.2 Å². The van der Waals surface area contributed by atoms with E-state index in [9.17, 15) is 0 Å². The van der Waals surface area contributed by atoms with Crippen LogP contribution < -0.4 is 5.32 Å². The summed E-state index contributed by atoms with van der Waals surface area (Å²) in [6.07, 6.45) is 0. The van der Waals surface area contributed by atoms with Crippen LogP contribution in [0.15, 0.2) is 5.51 Å². The Morgan fingerprint density at radius 2 is 2.07 bits per heavy atom. The average Bonchev–Trinajstić information content (AvgIpc) is 2.51. The molecular weight excluding hydrogens is 192 g/mol. The van der Waals surface area contributed by atoms with Crippen molar-refractivity contribution in [3.63, 3.8) is 0 Å². The third-order valence-electron chi connectivity index (χ3n) is 2.06. The fourth-order valence-electron chi connectivity index (χ4n) is 1.36. The molecule has 0 spiro atoms.